The molecule has 0 bridgehead atoms. The average molecular weight is 453 g/mol. The van der Waals surface area contributed by atoms with Crippen molar-refractivity contribution in [1.29, 1.82) is 0 Å². The summed E-state index contributed by atoms with van der Waals surface area (Å²) < 4.78 is 1.59. The van der Waals surface area contributed by atoms with Crippen LogP contribution in [0.4, 0.5) is 5.69 Å². The zero-order valence-corrected chi connectivity index (χ0v) is 18.2. The quantitative estimate of drug-likeness (QED) is 0.346. The van der Waals surface area contributed by atoms with Gasteiger partial charge in [0.25, 0.3) is 11.5 Å². The summed E-state index contributed by atoms with van der Waals surface area (Å²) in [6.07, 6.45) is 8.45. The Labute approximate surface area is 190 Å². The van der Waals surface area contributed by atoms with Gasteiger partial charge in [-0.2, -0.15) is 5.10 Å². The number of hydrazine groups is 1. The second-order valence-corrected chi connectivity index (χ2v) is 8.31. The second-order valence-electron chi connectivity index (χ2n) is 7.90. The minimum atomic E-state index is -0.411. The molecule has 1 saturated carbocycles. The summed E-state index contributed by atoms with van der Waals surface area (Å²) >= 11 is 6.24. The van der Waals surface area contributed by atoms with E-state index in [-0.39, 0.29) is 22.2 Å². The lowest BCUT2D eigenvalue weighted by atomic mass is 9.95. The topological polar surface area (TPSA) is 128 Å². The number of hydrogen-bond acceptors (Lipinski definition) is 6. The highest BCUT2D eigenvalue weighted by Gasteiger charge is 2.19. The Hall–Kier alpha value is -3.36. The molecule has 1 amide bonds. The summed E-state index contributed by atoms with van der Waals surface area (Å²) in [5.74, 6) is 4.86. The molecular weight excluding hydrogens is 428 g/mol. The van der Waals surface area contributed by atoms with Crippen LogP contribution in [0.3, 0.4) is 0 Å². The Morgan fingerprint density at radius 1 is 1.16 bits per heavy atom. The van der Waals surface area contributed by atoms with Crippen LogP contribution in [-0.2, 0) is 0 Å². The number of fused-ring (bicyclic) bond motifs is 1. The van der Waals surface area contributed by atoms with Crippen LogP contribution in [0.25, 0.3) is 16.5 Å². The molecule has 0 aliphatic heterocycles. The Kier molecular flexibility index (Phi) is 6.43. The van der Waals surface area contributed by atoms with E-state index in [1.54, 1.807) is 47.3 Å². The molecule has 166 valence electrons. The maximum absolute atomic E-state index is 13.1. The number of carbonyl (C=O) groups is 1. The Morgan fingerprint density at radius 2 is 1.94 bits per heavy atom. The lowest BCUT2D eigenvalue weighted by Crippen LogP contribution is -2.28. The molecule has 32 heavy (non-hydrogen) atoms. The van der Waals surface area contributed by atoms with Crippen molar-refractivity contribution in [3.05, 3.63) is 75.3 Å². The van der Waals surface area contributed by atoms with E-state index in [2.05, 4.69) is 15.8 Å². The van der Waals surface area contributed by atoms with Gasteiger partial charge in [-0.3, -0.25) is 15.4 Å². The third-order valence-corrected chi connectivity index (χ3v) is 6.10. The summed E-state index contributed by atoms with van der Waals surface area (Å²) in [5.41, 5.74) is 9.86. The van der Waals surface area contributed by atoms with E-state index < -0.39 is 5.91 Å². The van der Waals surface area contributed by atoms with Gasteiger partial charge in [0.2, 0.25) is 0 Å². The van der Waals surface area contributed by atoms with E-state index in [0.29, 0.717) is 22.3 Å². The number of nitrogens with zero attached hydrogens (tertiary/aromatic N) is 2. The van der Waals surface area contributed by atoms with Gasteiger partial charge in [-0.25, -0.2) is 4.68 Å². The second kappa shape index (κ2) is 9.42. The van der Waals surface area contributed by atoms with Crippen molar-refractivity contribution in [3.8, 4) is 0 Å². The number of halogens is 1. The van der Waals surface area contributed by atoms with Crippen LogP contribution in [-0.4, -0.2) is 15.7 Å². The van der Waals surface area contributed by atoms with Crippen LogP contribution in [0.5, 0.6) is 0 Å². The van der Waals surface area contributed by atoms with E-state index in [4.69, 9.17) is 23.2 Å². The van der Waals surface area contributed by atoms with E-state index >= 15 is 0 Å². The number of aromatic nitrogens is 2. The normalized spacial score (nSPS) is 15.0. The SMILES string of the molecule is NN/C=C(\N)c1ccc(Cl)c(C(=O)Nc2ccc3cnn(C4CCCCC4)c(=O)c3c2)c1. The molecule has 0 unspecified atom stereocenters. The molecule has 1 aromatic heterocycles. The number of hydrogen-bond donors (Lipinski definition) is 4. The van der Waals surface area contributed by atoms with E-state index in [1.165, 1.54) is 12.6 Å². The first-order valence-corrected chi connectivity index (χ1v) is 10.9. The third-order valence-electron chi connectivity index (χ3n) is 5.77. The van der Waals surface area contributed by atoms with Crippen molar-refractivity contribution in [2.45, 2.75) is 38.1 Å². The van der Waals surface area contributed by atoms with Crippen molar-refractivity contribution in [3.63, 3.8) is 0 Å². The molecule has 0 spiro atoms. The van der Waals surface area contributed by atoms with Gasteiger partial charge >= 0.3 is 0 Å². The predicted molar refractivity (Wildman–Crippen MR) is 127 cm³/mol. The maximum atomic E-state index is 13.1. The Balaban J connectivity index is 1.64. The van der Waals surface area contributed by atoms with Crippen LogP contribution in [0.2, 0.25) is 5.02 Å². The van der Waals surface area contributed by atoms with Crippen molar-refractivity contribution in [1.82, 2.24) is 15.2 Å². The van der Waals surface area contributed by atoms with Gasteiger partial charge < -0.3 is 16.5 Å². The van der Waals surface area contributed by atoms with Crippen molar-refractivity contribution < 1.29 is 4.79 Å². The first-order chi connectivity index (χ1) is 15.5. The molecule has 0 atom stereocenters. The lowest BCUT2D eigenvalue weighted by molar-refractivity contribution is 0.102. The lowest BCUT2D eigenvalue weighted by Gasteiger charge is -2.22. The fourth-order valence-corrected chi connectivity index (χ4v) is 4.27. The summed E-state index contributed by atoms with van der Waals surface area (Å²) in [4.78, 5) is 26.0. The number of carbonyl (C=O) groups excluding carboxylic acids is 1. The van der Waals surface area contributed by atoms with E-state index in [9.17, 15) is 9.59 Å². The van der Waals surface area contributed by atoms with Gasteiger partial charge in [-0.1, -0.05) is 43.0 Å². The number of benzene rings is 2. The number of anilines is 1. The largest absolute Gasteiger partial charge is 0.397 e. The molecule has 2 aromatic carbocycles. The van der Waals surface area contributed by atoms with Crippen LogP contribution >= 0.6 is 11.6 Å². The van der Waals surface area contributed by atoms with Crippen LogP contribution in [0, 0.1) is 0 Å². The van der Waals surface area contributed by atoms with Crippen LogP contribution in [0.15, 0.2) is 53.6 Å². The average Bonchev–Trinajstić information content (AvgIpc) is 2.80. The van der Waals surface area contributed by atoms with Gasteiger partial charge in [-0.15, -0.1) is 0 Å². The first kappa shape index (κ1) is 21.9. The highest BCUT2D eigenvalue weighted by molar-refractivity contribution is 6.34. The Bertz CT molecular complexity index is 1250. The number of rotatable bonds is 5. The number of nitrogens with one attached hydrogen (secondary N) is 2. The fraction of sp³-hybridized carbons (Fsp3) is 0.261. The van der Waals surface area contributed by atoms with Crippen molar-refractivity contribution >= 4 is 39.7 Å². The summed E-state index contributed by atoms with van der Waals surface area (Å²) in [6, 6.07) is 10.2. The molecular formula is C23H25ClN6O2. The predicted octanol–water partition coefficient (Wildman–Crippen LogP) is 3.53. The maximum Gasteiger partial charge on any atom is 0.274 e. The van der Waals surface area contributed by atoms with Gasteiger partial charge in [0.05, 0.1) is 33.9 Å². The third kappa shape index (κ3) is 4.46. The van der Waals surface area contributed by atoms with Crippen molar-refractivity contribution in [2.24, 2.45) is 11.6 Å². The molecule has 1 aliphatic carbocycles. The fourth-order valence-electron chi connectivity index (χ4n) is 4.07. The standard InChI is InChI=1S/C23H25ClN6O2/c24-20-9-7-14(21(25)13-27-26)10-19(20)22(31)29-16-8-6-15-12-28-30(23(32)18(15)11-16)17-4-2-1-3-5-17/h6-13,17,27H,1-5,25-26H2,(H,29,31)/b21-13-. The summed E-state index contributed by atoms with van der Waals surface area (Å²) in [7, 11) is 0. The molecule has 1 fully saturated rings. The van der Waals surface area contributed by atoms with E-state index in [1.807, 2.05) is 0 Å². The summed E-state index contributed by atoms with van der Waals surface area (Å²) in [6.45, 7) is 0. The van der Waals surface area contributed by atoms with Crippen molar-refractivity contribution in [2.75, 3.05) is 5.32 Å². The van der Waals surface area contributed by atoms with Crippen LogP contribution in [0.1, 0.15) is 54.1 Å². The number of nitrogens with two attached hydrogens (primary N) is 2. The minimum absolute atomic E-state index is 0.127. The molecule has 1 heterocycles. The Morgan fingerprint density at radius 3 is 2.69 bits per heavy atom. The van der Waals surface area contributed by atoms with Gasteiger partial charge in [0.15, 0.2) is 0 Å². The molecule has 9 heteroatoms. The zero-order chi connectivity index (χ0) is 22.7. The van der Waals surface area contributed by atoms with Gasteiger partial charge in [0, 0.05) is 17.3 Å². The molecule has 8 nitrogen and oxygen atoms in total. The molecule has 3 aromatic rings. The molecule has 0 saturated heterocycles. The molecule has 0 radical (unpaired) electrons. The van der Waals surface area contributed by atoms with E-state index in [0.717, 1.165) is 31.1 Å². The minimum Gasteiger partial charge on any atom is -0.397 e. The highest BCUT2D eigenvalue weighted by Crippen LogP contribution is 2.27. The van der Waals surface area contributed by atoms with Gasteiger partial charge in [-0.05, 0) is 42.7 Å². The monoisotopic (exact) mass is 452 g/mol. The van der Waals surface area contributed by atoms with Gasteiger partial charge in [0.1, 0.15) is 0 Å². The summed E-state index contributed by atoms with van der Waals surface area (Å²) in [5, 5.41) is 8.74. The number of amides is 1. The highest BCUT2D eigenvalue weighted by atomic mass is 35.5. The molecule has 4 rings (SSSR count). The first-order valence-electron chi connectivity index (χ1n) is 10.5. The smallest absolute Gasteiger partial charge is 0.274 e. The molecule has 6 N–H and O–H groups in total. The molecule has 1 aliphatic rings. The zero-order valence-electron chi connectivity index (χ0n) is 17.5. The van der Waals surface area contributed by atoms with Crippen LogP contribution < -0.4 is 27.9 Å².